The zero-order valence-corrected chi connectivity index (χ0v) is 24.0. The molecule has 0 saturated heterocycles. The second-order valence-electron chi connectivity index (χ2n) is 10.0. The van der Waals surface area contributed by atoms with Gasteiger partial charge < -0.3 is 14.4 Å². The van der Waals surface area contributed by atoms with Crippen LogP contribution in [0.1, 0.15) is 55.2 Å². The number of nitrogens with zero attached hydrogens (tertiary/aromatic N) is 3. The Morgan fingerprint density at radius 3 is 2.37 bits per heavy atom. The zero-order valence-electron chi connectivity index (χ0n) is 22.4. The Bertz CT molecular complexity index is 1380. The first-order chi connectivity index (χ1) is 18.4. The molecule has 0 N–H and O–H groups in total. The van der Waals surface area contributed by atoms with Crippen LogP contribution in [0.15, 0.2) is 89.5 Å². The highest BCUT2D eigenvalue weighted by molar-refractivity contribution is 9.10. The molecule has 0 saturated carbocycles. The molecule has 0 fully saturated rings. The van der Waals surface area contributed by atoms with E-state index in [-0.39, 0.29) is 24.4 Å². The third kappa shape index (κ3) is 6.93. The number of benzene rings is 3. The molecule has 4 aromatic rings. The molecule has 1 heterocycles. The molecule has 4 rings (SSSR count). The SMILES string of the molecule is CCCCN(Cc1cccn1Cc1ccc(Br)cc1)C(=O)CN(C(=O)c1ccc2ccccc2c1)C(C)C. The van der Waals surface area contributed by atoms with E-state index in [1.165, 1.54) is 5.56 Å². The molecule has 3 aromatic carbocycles. The van der Waals surface area contributed by atoms with Gasteiger partial charge >= 0.3 is 0 Å². The first kappa shape index (κ1) is 27.6. The van der Waals surface area contributed by atoms with Crippen molar-refractivity contribution in [3.05, 3.63) is 106 Å². The fraction of sp³-hybridized carbons (Fsp3) is 0.312. The topological polar surface area (TPSA) is 45.6 Å². The molecule has 198 valence electrons. The van der Waals surface area contributed by atoms with Gasteiger partial charge in [0.1, 0.15) is 6.54 Å². The Morgan fingerprint density at radius 2 is 1.66 bits per heavy atom. The fourth-order valence-electron chi connectivity index (χ4n) is 4.59. The Morgan fingerprint density at radius 1 is 0.921 bits per heavy atom. The number of halogens is 1. The molecular formula is C32H36BrN3O2. The predicted molar refractivity (Wildman–Crippen MR) is 158 cm³/mol. The average molecular weight is 575 g/mol. The van der Waals surface area contributed by atoms with E-state index < -0.39 is 0 Å². The van der Waals surface area contributed by atoms with Gasteiger partial charge in [-0.2, -0.15) is 0 Å². The van der Waals surface area contributed by atoms with E-state index in [0.717, 1.165) is 40.3 Å². The monoisotopic (exact) mass is 573 g/mol. The van der Waals surface area contributed by atoms with Crippen LogP contribution in [0.4, 0.5) is 0 Å². The minimum Gasteiger partial charge on any atom is -0.345 e. The number of fused-ring (bicyclic) bond motifs is 1. The summed E-state index contributed by atoms with van der Waals surface area (Å²) in [5, 5.41) is 2.11. The van der Waals surface area contributed by atoms with Crippen LogP contribution in [0.25, 0.3) is 10.8 Å². The minimum atomic E-state index is -0.117. The third-order valence-electron chi connectivity index (χ3n) is 6.86. The first-order valence-corrected chi connectivity index (χ1v) is 14.1. The number of rotatable bonds is 11. The summed E-state index contributed by atoms with van der Waals surface area (Å²) in [4.78, 5) is 30.8. The Kier molecular flexibility index (Phi) is 9.40. The number of aromatic nitrogens is 1. The van der Waals surface area contributed by atoms with Crippen LogP contribution in [0.3, 0.4) is 0 Å². The molecule has 0 aliphatic heterocycles. The van der Waals surface area contributed by atoms with Gasteiger partial charge in [-0.3, -0.25) is 9.59 Å². The molecule has 0 spiro atoms. The molecule has 2 amide bonds. The number of amides is 2. The summed E-state index contributed by atoms with van der Waals surface area (Å²) in [6.45, 7) is 8.03. The van der Waals surface area contributed by atoms with Gasteiger partial charge in [-0.05, 0) is 73.0 Å². The molecule has 1 aromatic heterocycles. The van der Waals surface area contributed by atoms with E-state index in [2.05, 4.69) is 51.8 Å². The van der Waals surface area contributed by atoms with Gasteiger partial charge in [0.25, 0.3) is 5.91 Å². The van der Waals surface area contributed by atoms with E-state index in [9.17, 15) is 9.59 Å². The zero-order chi connectivity index (χ0) is 27.1. The number of hydrogen-bond acceptors (Lipinski definition) is 2. The lowest BCUT2D eigenvalue weighted by atomic mass is 10.1. The van der Waals surface area contributed by atoms with E-state index in [1.54, 1.807) is 4.90 Å². The first-order valence-electron chi connectivity index (χ1n) is 13.3. The summed E-state index contributed by atoms with van der Waals surface area (Å²) < 4.78 is 3.24. The molecule has 6 heteroatoms. The van der Waals surface area contributed by atoms with Crippen molar-refractivity contribution in [3.8, 4) is 0 Å². The highest BCUT2D eigenvalue weighted by atomic mass is 79.9. The summed E-state index contributed by atoms with van der Waals surface area (Å²) in [5.41, 5.74) is 2.88. The lowest BCUT2D eigenvalue weighted by molar-refractivity contribution is -0.133. The third-order valence-corrected chi connectivity index (χ3v) is 7.39. The van der Waals surface area contributed by atoms with Crippen LogP contribution in [0.5, 0.6) is 0 Å². The van der Waals surface area contributed by atoms with Crippen molar-refractivity contribution >= 4 is 38.5 Å². The molecule has 0 unspecified atom stereocenters. The van der Waals surface area contributed by atoms with E-state index in [1.807, 2.05) is 79.4 Å². The number of carbonyl (C=O) groups is 2. The molecule has 0 radical (unpaired) electrons. The van der Waals surface area contributed by atoms with Crippen LogP contribution >= 0.6 is 15.9 Å². The Balaban J connectivity index is 1.51. The van der Waals surface area contributed by atoms with Crippen molar-refractivity contribution in [1.29, 1.82) is 0 Å². The summed E-state index contributed by atoms with van der Waals surface area (Å²) in [6, 6.07) is 26.0. The van der Waals surface area contributed by atoms with Crippen LogP contribution in [-0.4, -0.2) is 45.3 Å². The van der Waals surface area contributed by atoms with Gasteiger partial charge in [0.2, 0.25) is 5.91 Å². The molecule has 38 heavy (non-hydrogen) atoms. The molecule has 5 nitrogen and oxygen atoms in total. The molecule has 0 aliphatic carbocycles. The van der Waals surface area contributed by atoms with Gasteiger partial charge in [-0.1, -0.05) is 71.7 Å². The second kappa shape index (κ2) is 12.9. The van der Waals surface area contributed by atoms with Crippen LogP contribution < -0.4 is 0 Å². The highest BCUT2D eigenvalue weighted by Crippen LogP contribution is 2.19. The van der Waals surface area contributed by atoms with Crippen LogP contribution in [-0.2, 0) is 17.9 Å². The predicted octanol–water partition coefficient (Wildman–Crippen LogP) is 7.13. The number of carbonyl (C=O) groups excluding carboxylic acids is 2. The van der Waals surface area contributed by atoms with E-state index >= 15 is 0 Å². The van der Waals surface area contributed by atoms with Crippen molar-refractivity contribution in [3.63, 3.8) is 0 Å². The summed E-state index contributed by atoms with van der Waals surface area (Å²) in [5.74, 6) is -0.147. The molecule has 0 aliphatic rings. The van der Waals surface area contributed by atoms with Crippen molar-refractivity contribution in [2.75, 3.05) is 13.1 Å². The van der Waals surface area contributed by atoms with Crippen LogP contribution in [0.2, 0.25) is 0 Å². The van der Waals surface area contributed by atoms with Gasteiger partial charge in [-0.15, -0.1) is 0 Å². The molecule has 0 bridgehead atoms. The maximum atomic E-state index is 13.7. The lowest BCUT2D eigenvalue weighted by Crippen LogP contribution is -2.46. The highest BCUT2D eigenvalue weighted by Gasteiger charge is 2.25. The quantitative estimate of drug-likeness (QED) is 0.191. The number of hydrogen-bond donors (Lipinski definition) is 0. The maximum Gasteiger partial charge on any atom is 0.254 e. The summed E-state index contributed by atoms with van der Waals surface area (Å²) >= 11 is 3.50. The smallest absolute Gasteiger partial charge is 0.254 e. The summed E-state index contributed by atoms with van der Waals surface area (Å²) in [7, 11) is 0. The lowest BCUT2D eigenvalue weighted by Gasteiger charge is -2.30. The van der Waals surface area contributed by atoms with Gasteiger partial charge in [0.15, 0.2) is 0 Å². The number of unbranched alkanes of at least 4 members (excludes halogenated alkanes) is 1. The Labute approximate surface area is 234 Å². The van der Waals surface area contributed by atoms with Gasteiger partial charge in [-0.25, -0.2) is 0 Å². The normalized spacial score (nSPS) is 11.2. The summed E-state index contributed by atoms with van der Waals surface area (Å²) in [6.07, 6.45) is 3.97. The van der Waals surface area contributed by atoms with E-state index in [4.69, 9.17) is 0 Å². The van der Waals surface area contributed by atoms with E-state index in [0.29, 0.717) is 18.7 Å². The van der Waals surface area contributed by atoms with Gasteiger partial charge in [0, 0.05) is 41.1 Å². The van der Waals surface area contributed by atoms with Crippen molar-refractivity contribution in [2.24, 2.45) is 0 Å². The van der Waals surface area contributed by atoms with Crippen molar-refractivity contribution in [2.45, 2.75) is 52.7 Å². The second-order valence-corrected chi connectivity index (χ2v) is 10.9. The fourth-order valence-corrected chi connectivity index (χ4v) is 4.86. The average Bonchev–Trinajstić information content (AvgIpc) is 3.36. The minimum absolute atomic E-state index is 0.0299. The van der Waals surface area contributed by atoms with Crippen molar-refractivity contribution in [1.82, 2.24) is 14.4 Å². The molecule has 0 atom stereocenters. The maximum absolute atomic E-state index is 13.7. The molecular weight excluding hydrogens is 538 g/mol. The largest absolute Gasteiger partial charge is 0.345 e. The standard InChI is InChI=1S/C32H36BrN3O2/c1-4-5-18-35(22-30-11-8-19-34(30)21-25-12-16-29(33)17-13-25)31(37)23-36(24(2)3)32(38)28-15-14-26-9-6-7-10-27(26)20-28/h6-17,19-20,24H,4-5,18,21-23H2,1-3H3. The Hall–Kier alpha value is -3.38. The van der Waals surface area contributed by atoms with Gasteiger partial charge in [0.05, 0.1) is 6.54 Å². The van der Waals surface area contributed by atoms with Crippen molar-refractivity contribution < 1.29 is 9.59 Å². The van der Waals surface area contributed by atoms with Crippen LogP contribution in [0, 0.1) is 0 Å².